The van der Waals surface area contributed by atoms with Crippen LogP contribution in [-0.2, 0) is 0 Å². The summed E-state index contributed by atoms with van der Waals surface area (Å²) in [6.07, 6.45) is 0. The maximum absolute atomic E-state index is 9.01. The summed E-state index contributed by atoms with van der Waals surface area (Å²) in [6.45, 7) is 2.09. The maximum Gasteiger partial charge on any atom is 0.101 e. The third-order valence-corrected chi connectivity index (χ3v) is 4.25. The number of nitrogens with one attached hydrogen (secondary N) is 1. The average Bonchev–Trinajstić information content (AvgIpc) is 2.77. The van der Waals surface area contributed by atoms with E-state index >= 15 is 0 Å². The highest BCUT2D eigenvalue weighted by molar-refractivity contribution is 9.11. The first kappa shape index (κ1) is 12.2. The Balaban J connectivity index is 2.19. The standard InChI is InChI=1S/C13H11BrN2S/c1-9(12-6-7-13(14)17-12)16-11-5-3-2-4-10(11)8-15/h2-7,9,16H,1H3. The van der Waals surface area contributed by atoms with Crippen molar-refractivity contribution in [1.82, 2.24) is 0 Å². The summed E-state index contributed by atoms with van der Waals surface area (Å²) in [4.78, 5) is 1.24. The predicted molar refractivity (Wildman–Crippen MR) is 75.2 cm³/mol. The molecule has 1 N–H and O–H groups in total. The fraction of sp³-hybridized carbons (Fsp3) is 0.154. The number of nitriles is 1. The molecule has 0 saturated carbocycles. The number of nitrogens with zero attached hydrogens (tertiary/aromatic N) is 1. The van der Waals surface area contributed by atoms with E-state index in [1.54, 1.807) is 11.3 Å². The predicted octanol–water partition coefficient (Wildman–Crippen LogP) is 4.56. The van der Waals surface area contributed by atoms with Crippen molar-refractivity contribution in [2.24, 2.45) is 0 Å². The molecule has 2 aromatic rings. The van der Waals surface area contributed by atoms with Crippen LogP contribution in [0.15, 0.2) is 40.2 Å². The van der Waals surface area contributed by atoms with Gasteiger partial charge in [-0.1, -0.05) is 12.1 Å². The van der Waals surface area contributed by atoms with Crippen molar-refractivity contribution in [3.05, 3.63) is 50.6 Å². The quantitative estimate of drug-likeness (QED) is 0.902. The highest BCUT2D eigenvalue weighted by Crippen LogP contribution is 2.29. The zero-order valence-corrected chi connectivity index (χ0v) is 11.7. The maximum atomic E-state index is 9.01. The molecule has 0 aliphatic rings. The summed E-state index contributed by atoms with van der Waals surface area (Å²) >= 11 is 5.15. The third-order valence-electron chi connectivity index (χ3n) is 2.44. The minimum absolute atomic E-state index is 0.195. The van der Waals surface area contributed by atoms with Gasteiger partial charge in [-0.3, -0.25) is 0 Å². The van der Waals surface area contributed by atoms with Crippen molar-refractivity contribution in [2.45, 2.75) is 13.0 Å². The molecule has 0 bridgehead atoms. The zero-order chi connectivity index (χ0) is 12.3. The van der Waals surface area contributed by atoms with Gasteiger partial charge in [0.25, 0.3) is 0 Å². The second kappa shape index (κ2) is 5.35. The van der Waals surface area contributed by atoms with E-state index in [1.807, 2.05) is 30.3 Å². The number of halogens is 1. The van der Waals surface area contributed by atoms with E-state index in [9.17, 15) is 0 Å². The van der Waals surface area contributed by atoms with Crippen LogP contribution in [0.1, 0.15) is 23.4 Å². The molecule has 0 aliphatic heterocycles. The van der Waals surface area contributed by atoms with Crippen LogP contribution in [0.4, 0.5) is 5.69 Å². The largest absolute Gasteiger partial charge is 0.377 e. The molecule has 1 aromatic carbocycles. The van der Waals surface area contributed by atoms with Gasteiger partial charge < -0.3 is 5.32 Å². The Morgan fingerprint density at radius 3 is 2.71 bits per heavy atom. The van der Waals surface area contributed by atoms with Gasteiger partial charge in [-0.2, -0.15) is 5.26 Å². The molecule has 1 aromatic heterocycles. The van der Waals surface area contributed by atoms with Gasteiger partial charge in [0.1, 0.15) is 6.07 Å². The summed E-state index contributed by atoms with van der Waals surface area (Å²) in [6, 6.07) is 14.1. The van der Waals surface area contributed by atoms with Gasteiger partial charge in [-0.05, 0) is 47.1 Å². The molecular formula is C13H11BrN2S. The van der Waals surface area contributed by atoms with Crippen molar-refractivity contribution >= 4 is 33.0 Å². The molecule has 1 heterocycles. The number of benzene rings is 1. The van der Waals surface area contributed by atoms with Crippen LogP contribution in [0, 0.1) is 11.3 Å². The molecule has 1 unspecified atom stereocenters. The van der Waals surface area contributed by atoms with Crippen LogP contribution >= 0.6 is 27.3 Å². The van der Waals surface area contributed by atoms with Crippen LogP contribution in [-0.4, -0.2) is 0 Å². The van der Waals surface area contributed by atoms with Crippen LogP contribution < -0.4 is 5.32 Å². The molecule has 0 fully saturated rings. The monoisotopic (exact) mass is 306 g/mol. The smallest absolute Gasteiger partial charge is 0.101 e. The molecule has 4 heteroatoms. The number of thiophene rings is 1. The minimum Gasteiger partial charge on any atom is -0.377 e. The highest BCUT2D eigenvalue weighted by Gasteiger charge is 2.09. The van der Waals surface area contributed by atoms with E-state index in [2.05, 4.69) is 40.3 Å². The first-order valence-electron chi connectivity index (χ1n) is 5.21. The SMILES string of the molecule is CC(Nc1ccccc1C#N)c1ccc(Br)s1. The number of hydrogen-bond acceptors (Lipinski definition) is 3. The van der Waals surface area contributed by atoms with Gasteiger partial charge in [-0.15, -0.1) is 11.3 Å². The van der Waals surface area contributed by atoms with Crippen molar-refractivity contribution < 1.29 is 0 Å². The summed E-state index contributed by atoms with van der Waals surface area (Å²) in [5, 5.41) is 12.4. The molecule has 0 saturated heterocycles. The molecule has 0 radical (unpaired) electrons. The van der Waals surface area contributed by atoms with Crippen LogP contribution in [0.25, 0.3) is 0 Å². The molecule has 0 amide bonds. The van der Waals surface area contributed by atoms with Gasteiger partial charge in [0.2, 0.25) is 0 Å². The van der Waals surface area contributed by atoms with Gasteiger partial charge in [0, 0.05) is 4.88 Å². The van der Waals surface area contributed by atoms with E-state index in [-0.39, 0.29) is 6.04 Å². The van der Waals surface area contributed by atoms with Gasteiger partial charge in [0.05, 0.1) is 21.1 Å². The van der Waals surface area contributed by atoms with Crippen molar-refractivity contribution in [3.63, 3.8) is 0 Å². The van der Waals surface area contributed by atoms with E-state index in [4.69, 9.17) is 5.26 Å². The minimum atomic E-state index is 0.195. The first-order chi connectivity index (χ1) is 8.20. The molecule has 0 aliphatic carbocycles. The third kappa shape index (κ3) is 2.87. The fourth-order valence-corrected chi connectivity index (χ4v) is 3.00. The molecule has 2 nitrogen and oxygen atoms in total. The lowest BCUT2D eigenvalue weighted by Crippen LogP contribution is -2.05. The molecule has 17 heavy (non-hydrogen) atoms. The summed E-state index contributed by atoms with van der Waals surface area (Å²) in [5.41, 5.74) is 1.56. The Labute approximate surface area is 113 Å². The van der Waals surface area contributed by atoms with E-state index in [0.717, 1.165) is 9.47 Å². The molecule has 0 spiro atoms. The van der Waals surface area contributed by atoms with Crippen molar-refractivity contribution in [1.29, 1.82) is 5.26 Å². The Hall–Kier alpha value is -1.31. The fourth-order valence-electron chi connectivity index (χ4n) is 1.57. The van der Waals surface area contributed by atoms with Gasteiger partial charge in [-0.25, -0.2) is 0 Å². The number of rotatable bonds is 3. The lowest BCUT2D eigenvalue weighted by Gasteiger charge is -2.14. The average molecular weight is 307 g/mol. The lowest BCUT2D eigenvalue weighted by molar-refractivity contribution is 0.907. The lowest BCUT2D eigenvalue weighted by atomic mass is 10.1. The van der Waals surface area contributed by atoms with Gasteiger partial charge >= 0.3 is 0 Å². The van der Waals surface area contributed by atoms with E-state index < -0.39 is 0 Å². The van der Waals surface area contributed by atoms with E-state index in [1.165, 1.54) is 4.88 Å². The topological polar surface area (TPSA) is 35.8 Å². The second-order valence-corrected chi connectivity index (χ2v) is 6.16. The van der Waals surface area contributed by atoms with Crippen molar-refractivity contribution in [2.75, 3.05) is 5.32 Å². The van der Waals surface area contributed by atoms with Crippen LogP contribution in [0.3, 0.4) is 0 Å². The number of para-hydroxylation sites is 1. The highest BCUT2D eigenvalue weighted by atomic mass is 79.9. The van der Waals surface area contributed by atoms with Crippen LogP contribution in [0.5, 0.6) is 0 Å². The summed E-state index contributed by atoms with van der Waals surface area (Å²) in [7, 11) is 0. The molecule has 86 valence electrons. The molecular weight excluding hydrogens is 296 g/mol. The van der Waals surface area contributed by atoms with E-state index in [0.29, 0.717) is 5.56 Å². The zero-order valence-electron chi connectivity index (χ0n) is 9.27. The van der Waals surface area contributed by atoms with Crippen LogP contribution in [0.2, 0.25) is 0 Å². The first-order valence-corrected chi connectivity index (χ1v) is 6.82. The summed E-state index contributed by atoms with van der Waals surface area (Å²) in [5.74, 6) is 0. The Kier molecular flexibility index (Phi) is 3.82. The normalized spacial score (nSPS) is 11.8. The Morgan fingerprint density at radius 1 is 1.29 bits per heavy atom. The van der Waals surface area contributed by atoms with Gasteiger partial charge in [0.15, 0.2) is 0 Å². The molecule has 1 atom stereocenters. The second-order valence-electron chi connectivity index (χ2n) is 3.67. The number of anilines is 1. The Morgan fingerprint density at radius 2 is 2.06 bits per heavy atom. The Bertz CT molecular complexity index is 557. The molecule has 2 rings (SSSR count). The van der Waals surface area contributed by atoms with Crippen molar-refractivity contribution in [3.8, 4) is 6.07 Å². The number of hydrogen-bond donors (Lipinski definition) is 1. The summed E-state index contributed by atoms with van der Waals surface area (Å²) < 4.78 is 1.12.